The first-order valence-corrected chi connectivity index (χ1v) is 8.14. The third-order valence-corrected chi connectivity index (χ3v) is 4.40. The first-order valence-electron chi connectivity index (χ1n) is 7.76. The fourth-order valence-corrected chi connectivity index (χ4v) is 3.18. The van der Waals surface area contributed by atoms with E-state index in [-0.39, 0.29) is 12.1 Å². The van der Waals surface area contributed by atoms with E-state index in [2.05, 4.69) is 25.7 Å². The summed E-state index contributed by atoms with van der Waals surface area (Å²) in [4.78, 5) is 14.4. The number of likely N-dealkylation sites (tertiary alicyclic amines) is 1. The Balaban J connectivity index is 1.66. The molecule has 1 aliphatic heterocycles. The molecule has 1 atom stereocenters. The average Bonchev–Trinajstić information content (AvgIpc) is 3.23. The molecule has 6 nitrogen and oxygen atoms in total. The molecule has 0 radical (unpaired) electrons. The molecule has 3 N–H and O–H groups in total. The minimum absolute atomic E-state index is 0.0845. The van der Waals surface area contributed by atoms with Gasteiger partial charge in [0, 0.05) is 17.8 Å². The second-order valence-electron chi connectivity index (χ2n) is 5.60. The van der Waals surface area contributed by atoms with Crippen molar-refractivity contribution in [3.05, 3.63) is 47.2 Å². The summed E-state index contributed by atoms with van der Waals surface area (Å²) in [6.07, 6.45) is 5.56. The monoisotopic (exact) mass is 333 g/mol. The summed E-state index contributed by atoms with van der Waals surface area (Å²) < 4.78 is 0. The number of urea groups is 1. The zero-order chi connectivity index (χ0) is 16.1. The molecule has 7 heteroatoms. The van der Waals surface area contributed by atoms with Crippen LogP contribution in [0, 0.1) is 0 Å². The maximum atomic E-state index is 12.0. The number of halogens is 1. The molecule has 0 unspecified atom stereocenters. The van der Waals surface area contributed by atoms with Gasteiger partial charge in [-0.15, -0.1) is 0 Å². The fraction of sp³-hybridized carbons (Fsp3) is 0.375. The number of hydrogen-bond acceptors (Lipinski definition) is 3. The second kappa shape index (κ2) is 7.48. The van der Waals surface area contributed by atoms with Gasteiger partial charge in [-0.1, -0.05) is 29.8 Å². The first kappa shape index (κ1) is 15.8. The third-order valence-electron chi connectivity index (χ3n) is 4.06. The van der Waals surface area contributed by atoms with Crippen LogP contribution in [-0.4, -0.2) is 40.8 Å². The van der Waals surface area contributed by atoms with Crippen molar-refractivity contribution in [2.24, 2.45) is 0 Å². The van der Waals surface area contributed by atoms with Crippen molar-refractivity contribution >= 4 is 23.3 Å². The van der Waals surface area contributed by atoms with Crippen molar-refractivity contribution in [3.63, 3.8) is 0 Å². The number of aromatic amines is 1. The molecule has 1 fully saturated rings. The van der Waals surface area contributed by atoms with Crippen molar-refractivity contribution in [2.45, 2.75) is 18.9 Å². The van der Waals surface area contributed by atoms with Crippen LogP contribution in [0.4, 0.5) is 10.5 Å². The molecule has 2 aromatic rings. The van der Waals surface area contributed by atoms with Crippen LogP contribution in [0.15, 0.2) is 36.7 Å². The van der Waals surface area contributed by atoms with E-state index < -0.39 is 0 Å². The van der Waals surface area contributed by atoms with Crippen LogP contribution in [0.5, 0.6) is 0 Å². The quantitative estimate of drug-likeness (QED) is 0.787. The van der Waals surface area contributed by atoms with Gasteiger partial charge in [0.2, 0.25) is 0 Å². The smallest absolute Gasteiger partial charge is 0.319 e. The van der Waals surface area contributed by atoms with E-state index in [0.717, 1.165) is 23.7 Å². The molecular weight excluding hydrogens is 314 g/mol. The highest BCUT2D eigenvalue weighted by Crippen LogP contribution is 2.29. The molecule has 3 rings (SSSR count). The van der Waals surface area contributed by atoms with Crippen molar-refractivity contribution in [2.75, 3.05) is 25.0 Å². The van der Waals surface area contributed by atoms with E-state index in [9.17, 15) is 4.79 Å². The number of nitrogens with zero attached hydrogens (tertiary/aromatic N) is 2. The van der Waals surface area contributed by atoms with Gasteiger partial charge in [0.1, 0.15) is 0 Å². The van der Waals surface area contributed by atoms with Crippen LogP contribution in [-0.2, 0) is 0 Å². The minimum atomic E-state index is -0.248. The number of carbonyl (C=O) groups excluding carboxylic acids is 1. The van der Waals surface area contributed by atoms with Gasteiger partial charge in [-0.3, -0.25) is 10.00 Å². The van der Waals surface area contributed by atoms with Gasteiger partial charge in [-0.05, 0) is 37.6 Å². The van der Waals surface area contributed by atoms with E-state index in [4.69, 9.17) is 11.6 Å². The molecule has 1 aromatic heterocycles. The van der Waals surface area contributed by atoms with Crippen LogP contribution in [0.25, 0.3) is 0 Å². The third kappa shape index (κ3) is 4.03. The Bertz CT molecular complexity index is 640. The average molecular weight is 334 g/mol. The Labute approximate surface area is 140 Å². The largest absolute Gasteiger partial charge is 0.336 e. The van der Waals surface area contributed by atoms with Crippen LogP contribution < -0.4 is 10.6 Å². The Morgan fingerprint density at radius 2 is 2.13 bits per heavy atom. The summed E-state index contributed by atoms with van der Waals surface area (Å²) in [5, 5.41) is 12.9. The molecule has 0 spiro atoms. The van der Waals surface area contributed by atoms with Gasteiger partial charge in [0.15, 0.2) is 0 Å². The molecule has 23 heavy (non-hydrogen) atoms. The first-order chi connectivity index (χ1) is 11.2. The number of carbonyl (C=O) groups is 1. The molecule has 1 saturated heterocycles. The van der Waals surface area contributed by atoms with Gasteiger partial charge in [0.05, 0.1) is 17.9 Å². The van der Waals surface area contributed by atoms with E-state index in [1.54, 1.807) is 12.4 Å². The number of H-pyrrole nitrogens is 1. The Morgan fingerprint density at radius 1 is 1.35 bits per heavy atom. The normalized spacial score (nSPS) is 16.2. The number of aromatic nitrogens is 2. The zero-order valence-electron chi connectivity index (χ0n) is 12.8. The molecule has 0 saturated carbocycles. The number of nitrogens with one attached hydrogen (secondary N) is 3. The summed E-state index contributed by atoms with van der Waals surface area (Å²) in [5.74, 6) is 0. The van der Waals surface area contributed by atoms with Crippen LogP contribution in [0.1, 0.15) is 24.4 Å². The minimum Gasteiger partial charge on any atom is -0.336 e. The summed E-state index contributed by atoms with van der Waals surface area (Å²) >= 11 is 6.36. The predicted molar refractivity (Wildman–Crippen MR) is 90.6 cm³/mol. The Kier molecular flexibility index (Phi) is 5.15. The van der Waals surface area contributed by atoms with Crippen LogP contribution in [0.2, 0.25) is 5.02 Å². The van der Waals surface area contributed by atoms with Gasteiger partial charge in [-0.2, -0.15) is 5.10 Å². The number of anilines is 1. The highest BCUT2D eigenvalue weighted by Gasteiger charge is 2.25. The summed E-state index contributed by atoms with van der Waals surface area (Å²) in [7, 11) is 0. The van der Waals surface area contributed by atoms with E-state index in [1.165, 1.54) is 12.8 Å². The molecule has 122 valence electrons. The molecule has 2 heterocycles. The lowest BCUT2D eigenvalue weighted by atomic mass is 10.1. The summed E-state index contributed by atoms with van der Waals surface area (Å²) in [6.45, 7) is 2.56. The van der Waals surface area contributed by atoms with Crippen LogP contribution in [0.3, 0.4) is 0 Å². The highest BCUT2D eigenvalue weighted by molar-refractivity contribution is 6.31. The molecule has 0 bridgehead atoms. The van der Waals surface area contributed by atoms with E-state index in [1.807, 2.05) is 24.3 Å². The lowest BCUT2D eigenvalue weighted by molar-refractivity contribution is 0.227. The lowest BCUT2D eigenvalue weighted by Crippen LogP contribution is -2.38. The number of rotatable bonds is 5. The molecule has 2 amide bonds. The topological polar surface area (TPSA) is 73.1 Å². The lowest BCUT2D eigenvalue weighted by Gasteiger charge is -2.28. The van der Waals surface area contributed by atoms with Crippen molar-refractivity contribution in [1.29, 1.82) is 0 Å². The van der Waals surface area contributed by atoms with Gasteiger partial charge in [0.25, 0.3) is 0 Å². The Morgan fingerprint density at radius 3 is 2.83 bits per heavy atom. The predicted octanol–water partition coefficient (Wildman–Crippen LogP) is 3.02. The maximum absolute atomic E-state index is 12.0. The van der Waals surface area contributed by atoms with Gasteiger partial charge < -0.3 is 10.6 Å². The van der Waals surface area contributed by atoms with Gasteiger partial charge in [-0.25, -0.2) is 4.79 Å². The number of benzene rings is 1. The van der Waals surface area contributed by atoms with Crippen LogP contribution >= 0.6 is 11.6 Å². The second-order valence-corrected chi connectivity index (χ2v) is 6.01. The standard InChI is InChI=1S/C16H20ClN5O/c17-14-6-2-1-5-13(14)15(22-7-3-4-8-22)11-18-16(23)21-12-9-19-20-10-12/h1-2,5-6,9-10,15H,3-4,7-8,11H2,(H,19,20)(H2,18,21,23)/t15-/m1/s1. The number of amides is 2. The molecule has 1 aromatic carbocycles. The summed E-state index contributed by atoms with van der Waals surface area (Å²) in [6, 6.07) is 7.66. The molecular formula is C16H20ClN5O. The fourth-order valence-electron chi connectivity index (χ4n) is 2.92. The zero-order valence-corrected chi connectivity index (χ0v) is 13.5. The van der Waals surface area contributed by atoms with Crippen molar-refractivity contribution in [1.82, 2.24) is 20.4 Å². The number of hydrogen-bond donors (Lipinski definition) is 3. The summed E-state index contributed by atoms with van der Waals surface area (Å²) in [5.41, 5.74) is 1.69. The van der Waals surface area contributed by atoms with E-state index >= 15 is 0 Å². The SMILES string of the molecule is O=C(NC[C@H](c1ccccc1Cl)N1CCCC1)Nc1cn[nH]c1. The maximum Gasteiger partial charge on any atom is 0.319 e. The molecule has 1 aliphatic rings. The highest BCUT2D eigenvalue weighted by atomic mass is 35.5. The van der Waals surface area contributed by atoms with Crippen molar-refractivity contribution in [3.8, 4) is 0 Å². The van der Waals surface area contributed by atoms with E-state index in [0.29, 0.717) is 12.2 Å². The Hall–Kier alpha value is -2.05. The van der Waals surface area contributed by atoms with Gasteiger partial charge >= 0.3 is 6.03 Å². The molecule has 0 aliphatic carbocycles. The van der Waals surface area contributed by atoms with Crippen molar-refractivity contribution < 1.29 is 4.79 Å².